The Kier molecular flexibility index (Phi) is 3.58. The van der Waals surface area contributed by atoms with Gasteiger partial charge in [-0.05, 0) is 38.3 Å². The SMILES string of the molecule is O=S1(=O)CCC(Cc2nc(C3CCNCC3)no2)C1. The summed E-state index contributed by atoms with van der Waals surface area (Å²) in [5, 5.41) is 7.36. The summed E-state index contributed by atoms with van der Waals surface area (Å²) in [4.78, 5) is 4.44. The van der Waals surface area contributed by atoms with Crippen molar-refractivity contribution < 1.29 is 12.9 Å². The van der Waals surface area contributed by atoms with Crippen LogP contribution in [0.5, 0.6) is 0 Å². The minimum atomic E-state index is -2.83. The van der Waals surface area contributed by atoms with E-state index in [0.29, 0.717) is 30.4 Å². The fourth-order valence-corrected chi connectivity index (χ4v) is 4.74. The summed E-state index contributed by atoms with van der Waals surface area (Å²) in [5.74, 6) is 2.47. The normalized spacial score (nSPS) is 27.7. The summed E-state index contributed by atoms with van der Waals surface area (Å²) in [6.07, 6.45) is 3.39. The smallest absolute Gasteiger partial charge is 0.226 e. The van der Waals surface area contributed by atoms with Gasteiger partial charge in [-0.25, -0.2) is 8.42 Å². The lowest BCUT2D eigenvalue weighted by Gasteiger charge is -2.18. The number of sulfone groups is 1. The Morgan fingerprint density at radius 2 is 2.05 bits per heavy atom. The first kappa shape index (κ1) is 13.1. The number of nitrogens with one attached hydrogen (secondary N) is 1. The second kappa shape index (κ2) is 5.20. The van der Waals surface area contributed by atoms with Crippen LogP contribution in [0.4, 0.5) is 0 Å². The van der Waals surface area contributed by atoms with Gasteiger partial charge in [-0.3, -0.25) is 0 Å². The molecule has 7 heteroatoms. The van der Waals surface area contributed by atoms with Gasteiger partial charge in [0.25, 0.3) is 0 Å². The molecule has 1 aromatic heterocycles. The van der Waals surface area contributed by atoms with Gasteiger partial charge >= 0.3 is 0 Å². The molecule has 106 valence electrons. The summed E-state index contributed by atoms with van der Waals surface area (Å²) in [6.45, 7) is 1.99. The lowest BCUT2D eigenvalue weighted by atomic mass is 9.97. The topological polar surface area (TPSA) is 85.1 Å². The molecule has 1 atom stereocenters. The van der Waals surface area contributed by atoms with E-state index >= 15 is 0 Å². The average molecular weight is 285 g/mol. The molecule has 1 unspecified atom stereocenters. The lowest BCUT2D eigenvalue weighted by Crippen LogP contribution is -2.27. The van der Waals surface area contributed by atoms with E-state index in [1.165, 1.54) is 0 Å². The van der Waals surface area contributed by atoms with Gasteiger partial charge in [-0.2, -0.15) is 4.98 Å². The zero-order chi connectivity index (χ0) is 13.3. The summed E-state index contributed by atoms with van der Waals surface area (Å²) >= 11 is 0. The molecule has 2 saturated heterocycles. The van der Waals surface area contributed by atoms with Gasteiger partial charge in [0.2, 0.25) is 5.89 Å². The number of hydrogen-bond donors (Lipinski definition) is 1. The van der Waals surface area contributed by atoms with Crippen LogP contribution in [0.25, 0.3) is 0 Å². The van der Waals surface area contributed by atoms with Crippen molar-refractivity contribution in [2.75, 3.05) is 24.6 Å². The lowest BCUT2D eigenvalue weighted by molar-refractivity contribution is 0.347. The Bertz CT molecular complexity index is 534. The van der Waals surface area contributed by atoms with E-state index < -0.39 is 9.84 Å². The summed E-state index contributed by atoms with van der Waals surface area (Å²) in [5.41, 5.74) is 0. The maximum atomic E-state index is 11.4. The van der Waals surface area contributed by atoms with Crippen LogP contribution in [-0.4, -0.2) is 43.2 Å². The van der Waals surface area contributed by atoms with Gasteiger partial charge < -0.3 is 9.84 Å². The number of rotatable bonds is 3. The Morgan fingerprint density at radius 3 is 2.74 bits per heavy atom. The third-order valence-electron chi connectivity index (χ3n) is 3.98. The van der Waals surface area contributed by atoms with Crippen molar-refractivity contribution in [3.63, 3.8) is 0 Å². The van der Waals surface area contributed by atoms with Crippen LogP contribution in [0.2, 0.25) is 0 Å². The van der Waals surface area contributed by atoms with Crippen molar-refractivity contribution in [1.29, 1.82) is 0 Å². The first-order chi connectivity index (χ1) is 9.12. The Labute approximate surface area is 112 Å². The third kappa shape index (κ3) is 3.14. The summed E-state index contributed by atoms with van der Waals surface area (Å²) in [7, 11) is -2.83. The van der Waals surface area contributed by atoms with E-state index in [0.717, 1.165) is 31.8 Å². The van der Waals surface area contributed by atoms with Crippen molar-refractivity contribution in [2.45, 2.75) is 31.6 Å². The summed E-state index contributed by atoms with van der Waals surface area (Å²) < 4.78 is 28.1. The predicted octanol–water partition coefficient (Wildman–Crippen LogP) is 0.514. The Balaban J connectivity index is 1.62. The molecule has 2 fully saturated rings. The highest BCUT2D eigenvalue weighted by Gasteiger charge is 2.30. The maximum absolute atomic E-state index is 11.4. The van der Waals surface area contributed by atoms with E-state index in [4.69, 9.17) is 4.52 Å². The van der Waals surface area contributed by atoms with Crippen molar-refractivity contribution in [2.24, 2.45) is 5.92 Å². The molecule has 1 N–H and O–H groups in total. The van der Waals surface area contributed by atoms with E-state index in [1.807, 2.05) is 0 Å². The highest BCUT2D eigenvalue weighted by Crippen LogP contribution is 2.25. The van der Waals surface area contributed by atoms with Gasteiger partial charge in [0.1, 0.15) is 0 Å². The zero-order valence-electron chi connectivity index (χ0n) is 10.8. The second-order valence-electron chi connectivity index (χ2n) is 5.54. The van der Waals surface area contributed by atoms with Crippen LogP contribution in [0.3, 0.4) is 0 Å². The van der Waals surface area contributed by atoms with Gasteiger partial charge in [0.05, 0.1) is 11.5 Å². The third-order valence-corrected chi connectivity index (χ3v) is 5.82. The minimum Gasteiger partial charge on any atom is -0.339 e. The van der Waals surface area contributed by atoms with E-state index in [-0.39, 0.29) is 11.7 Å². The van der Waals surface area contributed by atoms with Gasteiger partial charge in [-0.1, -0.05) is 5.16 Å². The minimum absolute atomic E-state index is 0.145. The largest absolute Gasteiger partial charge is 0.339 e. The van der Waals surface area contributed by atoms with E-state index in [1.54, 1.807) is 0 Å². The molecule has 0 amide bonds. The molecule has 0 aromatic carbocycles. The molecule has 0 aliphatic carbocycles. The molecular weight excluding hydrogens is 266 g/mol. The highest BCUT2D eigenvalue weighted by atomic mass is 32.2. The molecule has 2 aliphatic rings. The van der Waals surface area contributed by atoms with Crippen LogP contribution in [0.15, 0.2) is 4.52 Å². The van der Waals surface area contributed by atoms with Crippen molar-refractivity contribution in [1.82, 2.24) is 15.5 Å². The molecule has 0 saturated carbocycles. The van der Waals surface area contributed by atoms with E-state index in [9.17, 15) is 8.42 Å². The van der Waals surface area contributed by atoms with Crippen molar-refractivity contribution in [3.05, 3.63) is 11.7 Å². The molecule has 3 heterocycles. The first-order valence-corrected chi connectivity index (χ1v) is 8.68. The Hall–Kier alpha value is -0.950. The maximum Gasteiger partial charge on any atom is 0.226 e. The molecule has 0 spiro atoms. The second-order valence-corrected chi connectivity index (χ2v) is 7.77. The quantitative estimate of drug-likeness (QED) is 0.871. The predicted molar refractivity (Wildman–Crippen MR) is 69.6 cm³/mol. The van der Waals surface area contributed by atoms with Crippen molar-refractivity contribution in [3.8, 4) is 0 Å². The number of piperidine rings is 1. The molecule has 1 aromatic rings. The average Bonchev–Trinajstić information content (AvgIpc) is 2.98. The molecule has 19 heavy (non-hydrogen) atoms. The van der Waals surface area contributed by atoms with Crippen LogP contribution in [0, 0.1) is 5.92 Å². The monoisotopic (exact) mass is 285 g/mol. The molecule has 6 nitrogen and oxygen atoms in total. The molecular formula is C12H19N3O3S. The fourth-order valence-electron chi connectivity index (χ4n) is 2.88. The molecule has 0 bridgehead atoms. The van der Waals surface area contributed by atoms with Crippen LogP contribution in [-0.2, 0) is 16.3 Å². The molecule has 3 rings (SSSR count). The highest BCUT2D eigenvalue weighted by molar-refractivity contribution is 7.91. The van der Waals surface area contributed by atoms with Crippen LogP contribution >= 0.6 is 0 Å². The summed E-state index contributed by atoms with van der Waals surface area (Å²) in [6, 6.07) is 0. The van der Waals surface area contributed by atoms with Gasteiger partial charge in [0, 0.05) is 12.3 Å². The standard InChI is InChI=1S/C12H19N3O3S/c16-19(17)6-3-9(8-19)7-11-14-12(15-18-11)10-1-4-13-5-2-10/h9-10,13H,1-8H2. The number of hydrogen-bond acceptors (Lipinski definition) is 6. The Morgan fingerprint density at radius 1 is 1.26 bits per heavy atom. The first-order valence-electron chi connectivity index (χ1n) is 6.86. The van der Waals surface area contributed by atoms with E-state index in [2.05, 4.69) is 15.5 Å². The molecule has 2 aliphatic heterocycles. The fraction of sp³-hybridized carbons (Fsp3) is 0.833. The zero-order valence-corrected chi connectivity index (χ0v) is 11.7. The molecule has 0 radical (unpaired) electrons. The number of nitrogens with zero attached hydrogens (tertiary/aromatic N) is 2. The van der Waals surface area contributed by atoms with Gasteiger partial charge in [-0.15, -0.1) is 0 Å². The number of aromatic nitrogens is 2. The van der Waals surface area contributed by atoms with Crippen LogP contribution < -0.4 is 5.32 Å². The van der Waals surface area contributed by atoms with Crippen LogP contribution in [0.1, 0.15) is 36.9 Å². The van der Waals surface area contributed by atoms with Gasteiger partial charge in [0.15, 0.2) is 15.7 Å². The van der Waals surface area contributed by atoms with Crippen molar-refractivity contribution >= 4 is 9.84 Å².